The molecule has 4 atom stereocenters. The fraction of sp³-hybridized carbons (Fsp3) is 0.646. The van der Waals surface area contributed by atoms with Gasteiger partial charge in [0, 0.05) is 95.9 Å². The van der Waals surface area contributed by atoms with E-state index in [0.29, 0.717) is 19.3 Å². The third kappa shape index (κ3) is 26.3. The number of rotatable bonds is 38. The summed E-state index contributed by atoms with van der Waals surface area (Å²) in [6.07, 6.45) is -1.45. The van der Waals surface area contributed by atoms with Crippen LogP contribution in [0.25, 0.3) is 0 Å². The largest absolute Gasteiger partial charge is 0.481 e. The van der Waals surface area contributed by atoms with Crippen LogP contribution in [0.1, 0.15) is 136 Å². The van der Waals surface area contributed by atoms with Crippen LogP contribution in [0.3, 0.4) is 0 Å². The number of nitrogens with one attached hydrogen (secondary N) is 1. The van der Waals surface area contributed by atoms with Crippen LogP contribution in [0, 0.1) is 5.92 Å². The van der Waals surface area contributed by atoms with Crippen LogP contribution in [-0.2, 0) is 54.5 Å². The van der Waals surface area contributed by atoms with Gasteiger partial charge in [-0.1, -0.05) is 44.2 Å². The van der Waals surface area contributed by atoms with Gasteiger partial charge in [-0.3, -0.25) is 52.9 Å². The number of carboxylic acid groups (broad SMARTS) is 1. The zero-order valence-electron chi connectivity index (χ0n) is 40.2. The number of Topliss-reactive ketones (excluding diaryl/α,β-unsaturated/α-hetero) is 6. The van der Waals surface area contributed by atoms with Gasteiger partial charge in [-0.05, 0) is 52.0 Å². The average Bonchev–Trinajstić information content (AvgIpc) is 3.29. The highest BCUT2D eigenvalue weighted by Gasteiger charge is 2.31. The van der Waals surface area contributed by atoms with Crippen molar-refractivity contribution in [3.05, 3.63) is 35.9 Å². The fourth-order valence-corrected chi connectivity index (χ4v) is 6.79. The molecule has 0 heterocycles. The highest BCUT2D eigenvalue weighted by molar-refractivity contribution is 5.95. The SMILES string of the molecule is CCC(C)NCC(=O)N(CC(=O)N(CC(=O)N(CCCCN=C(N)N)CC(=O)CC(C(=O)CCC(=O)CCC(=O)CCC(=O)CCC(=O)CCC(=O)O)C(C)O)C(C)CC)Cc1ccccc1. The zero-order chi connectivity index (χ0) is 50.5. The normalized spacial score (nSPS) is 12.7. The number of hydrogen-bond acceptors (Lipinski definition) is 13. The summed E-state index contributed by atoms with van der Waals surface area (Å²) in [6.45, 7) is 8.33. The number of benzene rings is 1. The average molecular weight is 942 g/mol. The molecule has 1 rings (SSSR count). The third-order valence-corrected chi connectivity index (χ3v) is 11.5. The van der Waals surface area contributed by atoms with E-state index < -0.39 is 72.7 Å². The summed E-state index contributed by atoms with van der Waals surface area (Å²) in [7, 11) is 0. The molecule has 4 unspecified atom stereocenters. The number of hydrogen-bond donors (Lipinski definition) is 5. The Morgan fingerprint density at radius 3 is 1.67 bits per heavy atom. The molecular formula is C48H75N7O12. The molecular weight excluding hydrogens is 867 g/mol. The van der Waals surface area contributed by atoms with Gasteiger partial charge in [-0.25, -0.2) is 0 Å². The molecule has 0 aliphatic rings. The summed E-state index contributed by atoms with van der Waals surface area (Å²) in [6, 6.07) is 8.89. The van der Waals surface area contributed by atoms with Gasteiger partial charge in [0.2, 0.25) is 17.7 Å². The standard InChI is InChI=1S/C48H75N7O12/c1-6-33(3)52-28-44(63)54(29-36-13-9-8-10-14-36)31-46(65)55(34(4)7-2)32-45(64)53(26-12-11-25-51-48(49)50)30-41(61)27-42(35(5)56)43(62)23-21-39(59)19-17-37(57)15-16-38(58)18-20-40(60)22-24-47(66)67/h8-10,13-14,33-35,42,52,56H,6-7,11-12,15-32H2,1-5H3,(H,66,67)(H4,49,50,51). The van der Waals surface area contributed by atoms with Gasteiger partial charge < -0.3 is 41.7 Å². The van der Waals surface area contributed by atoms with E-state index in [9.17, 15) is 53.1 Å². The van der Waals surface area contributed by atoms with Gasteiger partial charge in [0.25, 0.3) is 0 Å². The number of nitrogens with two attached hydrogens (primary N) is 2. The Hall–Kier alpha value is -5.69. The number of carbonyl (C=O) groups is 10. The maximum Gasteiger partial charge on any atom is 0.303 e. The number of carbonyl (C=O) groups excluding carboxylic acids is 9. The van der Waals surface area contributed by atoms with Crippen LogP contribution < -0.4 is 16.8 Å². The number of aliphatic imine (C=N–C) groups is 1. The molecule has 0 bridgehead atoms. The van der Waals surface area contributed by atoms with Crippen LogP contribution in [0.15, 0.2) is 35.3 Å². The second-order valence-electron chi connectivity index (χ2n) is 17.1. The molecule has 0 spiro atoms. The quantitative estimate of drug-likeness (QED) is 0.0362. The van der Waals surface area contributed by atoms with Crippen molar-refractivity contribution in [2.24, 2.45) is 22.4 Å². The number of aliphatic hydroxyl groups is 1. The van der Waals surface area contributed by atoms with Gasteiger partial charge in [0.1, 0.15) is 42.0 Å². The lowest BCUT2D eigenvalue weighted by Gasteiger charge is -2.33. The predicted octanol–water partition coefficient (Wildman–Crippen LogP) is 2.70. The Balaban J connectivity index is 3.02. The Bertz CT molecular complexity index is 1830. The van der Waals surface area contributed by atoms with E-state index in [4.69, 9.17) is 16.6 Å². The maximum atomic E-state index is 14.1. The molecule has 0 saturated carbocycles. The first-order chi connectivity index (χ1) is 31.7. The van der Waals surface area contributed by atoms with Gasteiger partial charge in [-0.2, -0.15) is 0 Å². The van der Waals surface area contributed by atoms with Crippen LogP contribution in [0.5, 0.6) is 0 Å². The highest BCUT2D eigenvalue weighted by Crippen LogP contribution is 2.18. The summed E-state index contributed by atoms with van der Waals surface area (Å²) in [4.78, 5) is 136. The molecule has 0 radical (unpaired) electrons. The number of ketones is 6. The second kappa shape index (κ2) is 32.9. The molecule has 0 aromatic heterocycles. The van der Waals surface area contributed by atoms with E-state index in [2.05, 4.69) is 10.3 Å². The Labute approximate surface area is 394 Å². The van der Waals surface area contributed by atoms with E-state index in [1.54, 1.807) is 6.92 Å². The lowest BCUT2D eigenvalue weighted by atomic mass is 9.89. The molecule has 1 aromatic rings. The summed E-state index contributed by atoms with van der Waals surface area (Å²) in [5.41, 5.74) is 11.7. The first-order valence-corrected chi connectivity index (χ1v) is 23.4. The Morgan fingerprint density at radius 2 is 1.18 bits per heavy atom. The molecule has 374 valence electrons. The zero-order valence-corrected chi connectivity index (χ0v) is 40.2. The highest BCUT2D eigenvalue weighted by atomic mass is 16.4. The first kappa shape index (κ1) is 59.3. The summed E-state index contributed by atoms with van der Waals surface area (Å²) in [5, 5.41) is 22.4. The van der Waals surface area contributed by atoms with E-state index in [1.807, 2.05) is 51.1 Å². The number of carboxylic acids is 1. The van der Waals surface area contributed by atoms with Crippen molar-refractivity contribution >= 4 is 64.3 Å². The van der Waals surface area contributed by atoms with Crippen molar-refractivity contribution in [2.45, 2.75) is 156 Å². The number of aliphatic hydroxyl groups excluding tert-OH is 1. The summed E-state index contributed by atoms with van der Waals surface area (Å²) >= 11 is 0. The number of guanidine groups is 1. The lowest BCUT2D eigenvalue weighted by molar-refractivity contribution is -0.146. The van der Waals surface area contributed by atoms with E-state index in [-0.39, 0.29) is 132 Å². The smallest absolute Gasteiger partial charge is 0.303 e. The molecule has 67 heavy (non-hydrogen) atoms. The van der Waals surface area contributed by atoms with Gasteiger partial charge >= 0.3 is 5.97 Å². The first-order valence-electron chi connectivity index (χ1n) is 23.4. The number of amides is 3. The predicted molar refractivity (Wildman–Crippen MR) is 251 cm³/mol. The minimum absolute atomic E-state index is 0.0131. The molecule has 0 saturated heterocycles. The van der Waals surface area contributed by atoms with Crippen LogP contribution in [-0.4, -0.2) is 147 Å². The second-order valence-corrected chi connectivity index (χ2v) is 17.1. The van der Waals surface area contributed by atoms with E-state index in [0.717, 1.165) is 12.0 Å². The Morgan fingerprint density at radius 1 is 0.642 bits per heavy atom. The number of aliphatic carboxylic acids is 1. The van der Waals surface area contributed by atoms with Crippen molar-refractivity contribution in [2.75, 3.05) is 39.3 Å². The van der Waals surface area contributed by atoms with E-state index in [1.165, 1.54) is 21.6 Å². The van der Waals surface area contributed by atoms with Crippen molar-refractivity contribution in [1.29, 1.82) is 0 Å². The van der Waals surface area contributed by atoms with Crippen LogP contribution >= 0.6 is 0 Å². The lowest BCUT2D eigenvalue weighted by Crippen LogP contribution is -2.52. The molecule has 0 aliphatic carbocycles. The van der Waals surface area contributed by atoms with Crippen LogP contribution in [0.4, 0.5) is 0 Å². The molecule has 19 heteroatoms. The topological polar surface area (TPSA) is 297 Å². The van der Waals surface area contributed by atoms with Crippen molar-refractivity contribution in [3.8, 4) is 0 Å². The van der Waals surface area contributed by atoms with Gasteiger partial charge in [0.15, 0.2) is 11.7 Å². The molecule has 7 N–H and O–H groups in total. The van der Waals surface area contributed by atoms with Gasteiger partial charge in [-0.15, -0.1) is 0 Å². The molecule has 0 aliphatic heterocycles. The molecule has 1 aromatic carbocycles. The minimum atomic E-state index is -1.28. The molecule has 19 nitrogen and oxygen atoms in total. The fourth-order valence-electron chi connectivity index (χ4n) is 6.79. The van der Waals surface area contributed by atoms with Crippen molar-refractivity contribution < 1.29 is 58.2 Å². The van der Waals surface area contributed by atoms with E-state index >= 15 is 0 Å². The minimum Gasteiger partial charge on any atom is -0.481 e. The molecule has 0 fully saturated rings. The van der Waals surface area contributed by atoms with Gasteiger partial charge in [0.05, 0.1) is 31.5 Å². The van der Waals surface area contributed by atoms with Crippen molar-refractivity contribution in [1.82, 2.24) is 20.0 Å². The monoisotopic (exact) mass is 942 g/mol. The Kier molecular flexibility index (Phi) is 29.1. The number of unbranched alkanes of at least 4 members (excludes halogenated alkanes) is 1. The van der Waals surface area contributed by atoms with Crippen molar-refractivity contribution in [3.63, 3.8) is 0 Å². The molecule has 3 amide bonds. The third-order valence-electron chi connectivity index (χ3n) is 11.5. The maximum absolute atomic E-state index is 14.1. The summed E-state index contributed by atoms with van der Waals surface area (Å²) in [5.74, 6) is -6.23. The van der Waals surface area contributed by atoms with Crippen LogP contribution in [0.2, 0.25) is 0 Å². The number of nitrogens with zero attached hydrogens (tertiary/aromatic N) is 4. The summed E-state index contributed by atoms with van der Waals surface area (Å²) < 4.78 is 0.